The number of hydrogen-bond acceptors (Lipinski definition) is 1. The molecule has 0 saturated heterocycles. The van der Waals surface area contributed by atoms with Gasteiger partial charge in [0, 0.05) is 11.8 Å². The van der Waals surface area contributed by atoms with Crippen molar-refractivity contribution in [3.8, 4) is 0 Å². The summed E-state index contributed by atoms with van der Waals surface area (Å²) >= 11 is 0. The van der Waals surface area contributed by atoms with E-state index < -0.39 is 0 Å². The van der Waals surface area contributed by atoms with Crippen molar-refractivity contribution in [2.75, 3.05) is 0 Å². The highest BCUT2D eigenvalue weighted by molar-refractivity contribution is 5.20. The van der Waals surface area contributed by atoms with Crippen molar-refractivity contribution in [1.29, 1.82) is 0 Å². The van der Waals surface area contributed by atoms with E-state index in [0.29, 0.717) is 5.92 Å². The smallest absolute Gasteiger partial charge is 0.251 e. The molecule has 2 nitrogen and oxygen atoms in total. The van der Waals surface area contributed by atoms with E-state index in [4.69, 9.17) is 0 Å². The van der Waals surface area contributed by atoms with Gasteiger partial charge in [0.05, 0.1) is 0 Å². The Morgan fingerprint density at radius 1 is 0.900 bits per heavy atom. The van der Waals surface area contributed by atoms with Gasteiger partial charge in [0.15, 0.2) is 0 Å². The third-order valence-electron chi connectivity index (χ3n) is 3.00. The van der Waals surface area contributed by atoms with Gasteiger partial charge in [-0.1, -0.05) is 52.0 Å². The summed E-state index contributed by atoms with van der Waals surface area (Å²) in [6.07, 6.45) is 1.65. The summed E-state index contributed by atoms with van der Waals surface area (Å²) in [5.41, 5.74) is 1.67. The highest BCUT2D eigenvalue weighted by Crippen LogP contribution is 2.16. The highest BCUT2D eigenvalue weighted by atomic mass is 19.1. The van der Waals surface area contributed by atoms with Crippen LogP contribution >= 0.6 is 0 Å². The predicted molar refractivity (Wildman–Crippen MR) is 81.6 cm³/mol. The Morgan fingerprint density at radius 3 is 1.85 bits per heavy atom. The maximum Gasteiger partial charge on any atom is 0.251 e. The highest BCUT2D eigenvalue weighted by Gasteiger charge is 2.03. The van der Waals surface area contributed by atoms with Crippen LogP contribution < -0.4 is 5.56 Å². The van der Waals surface area contributed by atoms with Gasteiger partial charge in [-0.15, -0.1) is 0 Å². The summed E-state index contributed by atoms with van der Waals surface area (Å²) in [7, 11) is 0. The summed E-state index contributed by atoms with van der Waals surface area (Å²) in [5.74, 6) is 0.489. The lowest BCUT2D eigenvalue weighted by Crippen LogP contribution is -2.11. The Bertz CT molecular complexity index is 587. The zero-order valence-corrected chi connectivity index (χ0v) is 12.5. The van der Waals surface area contributed by atoms with Crippen molar-refractivity contribution in [1.82, 2.24) is 4.98 Å². The van der Waals surface area contributed by atoms with Crippen molar-refractivity contribution < 1.29 is 4.39 Å². The van der Waals surface area contributed by atoms with Crippen molar-refractivity contribution in [2.24, 2.45) is 0 Å². The van der Waals surface area contributed by atoms with Crippen molar-refractivity contribution in [3.05, 3.63) is 69.9 Å². The molecule has 2 rings (SSSR count). The molecule has 0 radical (unpaired) electrons. The molecule has 2 aromatic rings. The molecule has 0 bridgehead atoms. The molecule has 0 amide bonds. The molecule has 20 heavy (non-hydrogen) atoms. The Balaban J connectivity index is 0.000000200. The maximum atomic E-state index is 12.8. The largest absolute Gasteiger partial charge is 0.329 e. The second kappa shape index (κ2) is 7.63. The summed E-state index contributed by atoms with van der Waals surface area (Å²) in [6, 6.07) is 10.6. The molecule has 0 aliphatic rings. The summed E-state index contributed by atoms with van der Waals surface area (Å²) in [6.45, 7) is 7.98. The minimum absolute atomic E-state index is 0.0255. The molecule has 1 N–H and O–H groups in total. The molecule has 0 aliphatic carbocycles. The van der Waals surface area contributed by atoms with Gasteiger partial charge in [0.25, 0.3) is 5.56 Å². The molecule has 0 fully saturated rings. The van der Waals surface area contributed by atoms with Crippen LogP contribution in [0.1, 0.15) is 50.7 Å². The molecule has 3 heteroatoms. The number of benzene rings is 1. The molecule has 0 atom stereocenters. The normalized spacial score (nSPS) is 10.3. The topological polar surface area (TPSA) is 32.9 Å². The Labute approximate surface area is 119 Å². The van der Waals surface area contributed by atoms with Crippen LogP contribution in [0.5, 0.6) is 0 Å². The third kappa shape index (κ3) is 4.65. The summed E-state index contributed by atoms with van der Waals surface area (Å²) in [4.78, 5) is 13.6. The van der Waals surface area contributed by atoms with E-state index in [1.165, 1.54) is 6.07 Å². The molecule has 108 valence electrons. The number of halogens is 1. The first-order valence-electron chi connectivity index (χ1n) is 6.85. The predicted octanol–water partition coefficient (Wildman–Crippen LogP) is 4.45. The first kappa shape index (κ1) is 16.2. The molecule has 0 saturated carbocycles. The number of nitrogens with one attached hydrogen (secondary N) is 1. The molecule has 0 spiro atoms. The van der Waals surface area contributed by atoms with Gasteiger partial charge in [-0.3, -0.25) is 4.79 Å². The van der Waals surface area contributed by atoms with E-state index in [-0.39, 0.29) is 17.3 Å². The van der Waals surface area contributed by atoms with Crippen LogP contribution in [0.4, 0.5) is 4.39 Å². The molecule has 1 aromatic heterocycles. The van der Waals surface area contributed by atoms with E-state index in [9.17, 15) is 9.18 Å². The van der Waals surface area contributed by atoms with Gasteiger partial charge >= 0.3 is 0 Å². The number of aromatic amines is 1. The van der Waals surface area contributed by atoms with Gasteiger partial charge in [0.1, 0.15) is 5.82 Å². The monoisotopic (exact) mass is 275 g/mol. The fourth-order valence-corrected chi connectivity index (χ4v) is 1.83. The minimum Gasteiger partial charge on any atom is -0.329 e. The van der Waals surface area contributed by atoms with Gasteiger partial charge in [-0.2, -0.15) is 0 Å². The van der Waals surface area contributed by atoms with Crippen LogP contribution in [0.25, 0.3) is 0 Å². The van der Waals surface area contributed by atoms with Crippen LogP contribution in [0.2, 0.25) is 0 Å². The SMILES string of the molecule is CC(C)c1ccc[nH]c1=O.CC(C)c1ccccc1F. The van der Waals surface area contributed by atoms with Crippen molar-refractivity contribution in [2.45, 2.75) is 39.5 Å². The average molecular weight is 275 g/mol. The maximum absolute atomic E-state index is 12.8. The zero-order valence-electron chi connectivity index (χ0n) is 12.5. The fraction of sp³-hybridized carbons (Fsp3) is 0.353. The lowest BCUT2D eigenvalue weighted by molar-refractivity contribution is 0.598. The van der Waals surface area contributed by atoms with Gasteiger partial charge in [0.2, 0.25) is 0 Å². The fourth-order valence-electron chi connectivity index (χ4n) is 1.83. The number of pyridine rings is 1. The lowest BCUT2D eigenvalue weighted by Gasteiger charge is -2.04. The van der Waals surface area contributed by atoms with Crippen LogP contribution in [0.3, 0.4) is 0 Å². The number of rotatable bonds is 2. The minimum atomic E-state index is -0.0995. The van der Waals surface area contributed by atoms with E-state index in [0.717, 1.165) is 11.1 Å². The summed E-state index contributed by atoms with van der Waals surface area (Å²) < 4.78 is 12.8. The lowest BCUT2D eigenvalue weighted by atomic mass is 10.0. The van der Waals surface area contributed by atoms with Gasteiger partial charge in [-0.25, -0.2) is 4.39 Å². The molecule has 1 aromatic carbocycles. The van der Waals surface area contributed by atoms with Gasteiger partial charge in [-0.05, 0) is 29.5 Å². The molecular weight excluding hydrogens is 253 g/mol. The number of H-pyrrole nitrogens is 1. The van der Waals surface area contributed by atoms with E-state index in [1.807, 2.05) is 52.0 Å². The molecule has 1 heterocycles. The second-order valence-electron chi connectivity index (χ2n) is 5.29. The van der Waals surface area contributed by atoms with Crippen LogP contribution in [-0.4, -0.2) is 4.98 Å². The third-order valence-corrected chi connectivity index (χ3v) is 3.00. The zero-order chi connectivity index (χ0) is 15.1. The van der Waals surface area contributed by atoms with Crippen molar-refractivity contribution in [3.63, 3.8) is 0 Å². The van der Waals surface area contributed by atoms with E-state index >= 15 is 0 Å². The van der Waals surface area contributed by atoms with Crippen LogP contribution in [0.15, 0.2) is 47.4 Å². The first-order valence-corrected chi connectivity index (χ1v) is 6.85. The van der Waals surface area contributed by atoms with Crippen molar-refractivity contribution >= 4 is 0 Å². The summed E-state index contributed by atoms with van der Waals surface area (Å²) in [5, 5.41) is 0. The van der Waals surface area contributed by atoms with Gasteiger partial charge < -0.3 is 4.98 Å². The van der Waals surface area contributed by atoms with Crippen LogP contribution in [-0.2, 0) is 0 Å². The molecule has 0 aliphatic heterocycles. The first-order chi connectivity index (χ1) is 9.43. The van der Waals surface area contributed by atoms with Crippen LogP contribution in [0, 0.1) is 5.82 Å². The second-order valence-corrected chi connectivity index (χ2v) is 5.29. The quantitative estimate of drug-likeness (QED) is 0.863. The standard InChI is InChI=1S/C9H11F.C8H11NO/c1-7(2)8-5-3-4-6-9(8)10;1-6(2)7-4-3-5-9-8(7)10/h3-7H,1-2H3;3-6H,1-2H3,(H,9,10). The number of hydrogen-bond donors (Lipinski definition) is 1. The number of aromatic nitrogens is 1. The Hall–Kier alpha value is -1.90. The molecular formula is C17H22FNO. The Kier molecular flexibility index (Phi) is 6.16. The van der Waals surface area contributed by atoms with E-state index in [1.54, 1.807) is 12.3 Å². The Morgan fingerprint density at radius 2 is 1.45 bits per heavy atom. The molecule has 0 unspecified atom stereocenters. The average Bonchev–Trinajstić information content (AvgIpc) is 2.40. The van der Waals surface area contributed by atoms with E-state index in [2.05, 4.69) is 4.98 Å².